The van der Waals surface area contributed by atoms with Gasteiger partial charge in [-0.05, 0) is 41.8 Å². The van der Waals surface area contributed by atoms with E-state index in [9.17, 15) is 24.6 Å². The number of anilines is 2. The second kappa shape index (κ2) is 13.4. The number of hydrogen-bond donors (Lipinski definition) is 3. The average Bonchev–Trinajstić information content (AvgIpc) is 3.57. The van der Waals surface area contributed by atoms with Crippen LogP contribution in [0.15, 0.2) is 79.1 Å². The fourth-order valence-electron chi connectivity index (χ4n) is 4.90. The van der Waals surface area contributed by atoms with Gasteiger partial charge in [-0.15, -0.1) is 5.10 Å². The minimum atomic E-state index is -3.68. The van der Waals surface area contributed by atoms with Crippen LogP contribution < -0.4 is 10.6 Å². The molecule has 0 amide bonds. The Balaban J connectivity index is 1.62. The van der Waals surface area contributed by atoms with E-state index >= 15 is 0 Å². The van der Waals surface area contributed by atoms with E-state index < -0.39 is 18.7 Å². The van der Waals surface area contributed by atoms with Crippen molar-refractivity contribution < 1.29 is 13.9 Å². The molecule has 0 aliphatic rings. The maximum atomic E-state index is 14.2. The molecular weight excluding hydrogens is 600 g/mol. The molecule has 2 heterocycles. The molecule has 0 spiro atoms. The number of nitrogens with one attached hydrogen (secondary N) is 2. The Morgan fingerprint density at radius 3 is 2.47 bits per heavy atom. The summed E-state index contributed by atoms with van der Waals surface area (Å²) in [6, 6.07) is 20.9. The number of aromatic nitrogens is 4. The van der Waals surface area contributed by atoms with Gasteiger partial charge in [-0.1, -0.05) is 59.3 Å². The van der Waals surface area contributed by atoms with Crippen LogP contribution in [0.3, 0.4) is 0 Å². The topological polar surface area (TPSA) is 159 Å². The van der Waals surface area contributed by atoms with Gasteiger partial charge >= 0.3 is 6.05 Å². The van der Waals surface area contributed by atoms with Gasteiger partial charge in [-0.3, -0.25) is 4.98 Å². The number of pyridine rings is 1. The lowest BCUT2D eigenvalue weighted by atomic mass is 9.99. The minimum absolute atomic E-state index is 0.0809. The van der Waals surface area contributed by atoms with Gasteiger partial charge in [0.25, 0.3) is 0 Å². The van der Waals surface area contributed by atoms with Gasteiger partial charge < -0.3 is 15.7 Å². The van der Waals surface area contributed by atoms with Crippen molar-refractivity contribution in [1.29, 1.82) is 15.8 Å². The van der Waals surface area contributed by atoms with E-state index in [1.165, 1.54) is 6.20 Å². The van der Waals surface area contributed by atoms with Gasteiger partial charge in [0.2, 0.25) is 0 Å². The lowest BCUT2D eigenvalue weighted by Crippen LogP contribution is -2.27. The fraction of sp³-hybridized carbons (Fsp3) is 0.188. The van der Waals surface area contributed by atoms with E-state index in [-0.39, 0.29) is 33.4 Å². The molecular formula is C32H24ClF2N9O. The van der Waals surface area contributed by atoms with E-state index in [0.717, 1.165) is 11.8 Å². The van der Waals surface area contributed by atoms with Gasteiger partial charge in [0.15, 0.2) is 0 Å². The molecule has 0 aliphatic heterocycles. The van der Waals surface area contributed by atoms with E-state index in [2.05, 4.69) is 44.1 Å². The Morgan fingerprint density at radius 2 is 1.76 bits per heavy atom. The van der Waals surface area contributed by atoms with Crippen molar-refractivity contribution in [2.45, 2.75) is 31.0 Å². The van der Waals surface area contributed by atoms with E-state index in [1.807, 2.05) is 30.3 Å². The molecule has 0 saturated heterocycles. The number of nitriles is 3. The van der Waals surface area contributed by atoms with Crippen molar-refractivity contribution in [3.63, 3.8) is 0 Å². The highest BCUT2D eigenvalue weighted by Gasteiger charge is 2.33. The Labute approximate surface area is 261 Å². The highest BCUT2D eigenvalue weighted by atomic mass is 35.5. The van der Waals surface area contributed by atoms with Crippen LogP contribution in [0.2, 0.25) is 5.02 Å². The quantitative estimate of drug-likeness (QED) is 0.151. The highest BCUT2D eigenvalue weighted by molar-refractivity contribution is 6.35. The number of alkyl halides is 2. The van der Waals surface area contributed by atoms with Crippen molar-refractivity contribution in [3.8, 4) is 18.2 Å². The van der Waals surface area contributed by atoms with Gasteiger partial charge in [0, 0.05) is 23.7 Å². The lowest BCUT2D eigenvalue weighted by Gasteiger charge is -2.23. The molecule has 13 heteroatoms. The molecule has 224 valence electrons. The van der Waals surface area contributed by atoms with Crippen molar-refractivity contribution in [2.75, 3.05) is 17.2 Å². The Hall–Kier alpha value is -5.61. The fourth-order valence-corrected chi connectivity index (χ4v) is 5.17. The van der Waals surface area contributed by atoms with Crippen LogP contribution in [-0.2, 0) is 6.05 Å². The zero-order valence-electron chi connectivity index (χ0n) is 23.5. The molecule has 3 aromatic carbocycles. The monoisotopic (exact) mass is 623 g/mol. The van der Waals surface area contributed by atoms with E-state index in [4.69, 9.17) is 16.7 Å². The van der Waals surface area contributed by atoms with Gasteiger partial charge in [0.1, 0.15) is 18.4 Å². The lowest BCUT2D eigenvalue weighted by molar-refractivity contribution is -0.131. The smallest absolute Gasteiger partial charge is 0.367 e. The Bertz CT molecular complexity index is 1960. The summed E-state index contributed by atoms with van der Waals surface area (Å²) >= 11 is 6.71. The number of benzene rings is 3. The molecule has 3 N–H and O–H groups in total. The molecule has 2 aromatic heterocycles. The molecule has 0 fully saturated rings. The first-order valence-corrected chi connectivity index (χ1v) is 14.0. The SMILES string of the molecule is N#CCC[C@@H](Nc1c(C#N)cnc2c(Cl)cc(NC(c3cccc(C#N)c3)c3cn(C(F)(F)CO)nn3)cc12)c1ccccc1. The molecule has 45 heavy (non-hydrogen) atoms. The summed E-state index contributed by atoms with van der Waals surface area (Å²) in [5.41, 5.74) is 3.40. The number of halogens is 3. The molecule has 0 saturated carbocycles. The van der Waals surface area contributed by atoms with Crippen LogP contribution in [-0.4, -0.2) is 31.7 Å². The number of hydrogen-bond acceptors (Lipinski definition) is 9. The third kappa shape index (κ3) is 6.66. The maximum absolute atomic E-state index is 14.2. The van der Waals surface area contributed by atoms with Crippen molar-refractivity contribution in [3.05, 3.63) is 112 Å². The summed E-state index contributed by atoms with van der Waals surface area (Å²) in [7, 11) is 0. The second-order valence-corrected chi connectivity index (χ2v) is 10.5. The van der Waals surface area contributed by atoms with Crippen LogP contribution in [0.5, 0.6) is 0 Å². The van der Waals surface area contributed by atoms with Gasteiger partial charge in [-0.2, -0.15) is 29.2 Å². The molecule has 2 atom stereocenters. The van der Waals surface area contributed by atoms with E-state index in [1.54, 1.807) is 36.4 Å². The number of aliphatic hydroxyl groups is 1. The van der Waals surface area contributed by atoms with Crippen LogP contribution in [0.25, 0.3) is 10.9 Å². The van der Waals surface area contributed by atoms with Crippen LogP contribution in [0.4, 0.5) is 20.2 Å². The normalized spacial score (nSPS) is 12.5. The first kappa shape index (κ1) is 30.8. The summed E-state index contributed by atoms with van der Waals surface area (Å²) < 4.78 is 28.7. The molecule has 5 rings (SSSR count). The Morgan fingerprint density at radius 1 is 0.978 bits per heavy atom. The predicted octanol–water partition coefficient (Wildman–Crippen LogP) is 6.42. The zero-order valence-corrected chi connectivity index (χ0v) is 24.2. The summed E-state index contributed by atoms with van der Waals surface area (Å²) in [6.45, 7) is -1.47. The number of aliphatic hydroxyl groups excluding tert-OH is 1. The largest absolute Gasteiger partial charge is 0.388 e. The summed E-state index contributed by atoms with van der Waals surface area (Å²) in [5.74, 6) is 0. The summed E-state index contributed by atoms with van der Waals surface area (Å²) in [4.78, 5) is 4.41. The predicted molar refractivity (Wildman–Crippen MR) is 163 cm³/mol. The minimum Gasteiger partial charge on any atom is -0.388 e. The average molecular weight is 624 g/mol. The van der Waals surface area contributed by atoms with Crippen molar-refractivity contribution in [2.24, 2.45) is 0 Å². The number of rotatable bonds is 11. The molecule has 0 radical (unpaired) electrons. The van der Waals surface area contributed by atoms with Gasteiger partial charge in [-0.25, -0.2) is 0 Å². The molecule has 0 bridgehead atoms. The molecule has 5 aromatic rings. The second-order valence-electron chi connectivity index (χ2n) is 10.0. The van der Waals surface area contributed by atoms with Crippen LogP contribution in [0.1, 0.15) is 52.9 Å². The molecule has 0 aliphatic carbocycles. The zero-order chi connectivity index (χ0) is 32.0. The summed E-state index contributed by atoms with van der Waals surface area (Å²) in [5, 5.41) is 52.8. The summed E-state index contributed by atoms with van der Waals surface area (Å²) in [6.07, 6.45) is 3.17. The Kier molecular flexibility index (Phi) is 9.15. The first-order chi connectivity index (χ1) is 21.8. The number of nitrogens with zero attached hydrogens (tertiary/aromatic N) is 7. The van der Waals surface area contributed by atoms with Crippen LogP contribution in [0, 0.1) is 34.0 Å². The van der Waals surface area contributed by atoms with E-state index in [0.29, 0.717) is 39.8 Å². The molecule has 1 unspecified atom stereocenters. The maximum Gasteiger partial charge on any atom is 0.367 e. The number of fused-ring (bicyclic) bond motifs is 1. The van der Waals surface area contributed by atoms with Gasteiger partial charge in [0.05, 0.1) is 57.8 Å². The van der Waals surface area contributed by atoms with Crippen LogP contribution >= 0.6 is 11.6 Å². The molecule has 10 nitrogen and oxygen atoms in total. The highest BCUT2D eigenvalue weighted by Crippen LogP contribution is 2.38. The third-order valence-electron chi connectivity index (χ3n) is 7.10. The first-order valence-electron chi connectivity index (χ1n) is 13.7. The third-order valence-corrected chi connectivity index (χ3v) is 7.39. The standard InChI is InChI=1S/C32H24ClF2N9O/c33-26-14-24(40-30(22-9-4-6-20(12-22)15-37)28-18-44(43-42-28)32(34,35)19-45)13-25-29(23(16-38)17-39-31(25)26)41-27(10-5-11-36)21-7-2-1-3-8-21/h1-4,6-9,12-14,17-18,27,30,40,45H,5,10,19H2,(H,39,41)/t27-,30?/m1/s1. The van der Waals surface area contributed by atoms with Crippen molar-refractivity contribution in [1.82, 2.24) is 20.0 Å². The van der Waals surface area contributed by atoms with Crippen molar-refractivity contribution >= 4 is 33.9 Å².